The maximum atomic E-state index is 5.45. The largest absolute Gasteiger partial charge is 0.360 e. The number of hydrogen-bond donors (Lipinski definition) is 2. The number of rotatable bonds is 3. The number of benzene rings is 1. The summed E-state index contributed by atoms with van der Waals surface area (Å²) < 4.78 is 0. The average molecular weight is 289 g/mol. The topological polar surface area (TPSA) is 27.3 Å². The fourth-order valence-corrected chi connectivity index (χ4v) is 3.29. The Bertz CT molecular complexity index is 454. The summed E-state index contributed by atoms with van der Waals surface area (Å²) >= 11 is 5.45. The Morgan fingerprint density at radius 1 is 1.15 bits per heavy atom. The summed E-state index contributed by atoms with van der Waals surface area (Å²) in [5.74, 6) is 0.633. The summed E-state index contributed by atoms with van der Waals surface area (Å²) in [6.07, 6.45) is 3.56. The van der Waals surface area contributed by atoms with Crippen molar-refractivity contribution in [3.05, 3.63) is 35.9 Å². The summed E-state index contributed by atoms with van der Waals surface area (Å²) in [5.41, 5.74) is 1.42. The predicted octanol–water partition coefficient (Wildman–Crippen LogP) is 2.10. The van der Waals surface area contributed by atoms with Crippen LogP contribution in [0.1, 0.15) is 30.7 Å². The first-order valence-corrected chi connectivity index (χ1v) is 7.94. The van der Waals surface area contributed by atoms with Gasteiger partial charge >= 0.3 is 0 Å². The van der Waals surface area contributed by atoms with Gasteiger partial charge in [-0.2, -0.15) is 0 Å². The summed E-state index contributed by atoms with van der Waals surface area (Å²) in [5, 5.41) is 7.78. The van der Waals surface area contributed by atoms with E-state index in [-0.39, 0.29) is 0 Å². The van der Waals surface area contributed by atoms with Crippen molar-refractivity contribution in [2.45, 2.75) is 37.3 Å². The summed E-state index contributed by atoms with van der Waals surface area (Å²) in [7, 11) is 2.18. The van der Waals surface area contributed by atoms with E-state index in [1.165, 1.54) is 24.8 Å². The molecule has 2 atom stereocenters. The van der Waals surface area contributed by atoms with Gasteiger partial charge in [-0.05, 0) is 57.2 Å². The quantitative estimate of drug-likeness (QED) is 0.833. The molecular weight excluding hydrogens is 266 g/mol. The van der Waals surface area contributed by atoms with Crippen LogP contribution in [0.15, 0.2) is 30.3 Å². The zero-order chi connectivity index (χ0) is 13.9. The van der Waals surface area contributed by atoms with Crippen molar-refractivity contribution < 1.29 is 0 Å². The van der Waals surface area contributed by atoms with E-state index in [0.29, 0.717) is 18.0 Å². The van der Waals surface area contributed by atoms with E-state index in [1.807, 2.05) is 0 Å². The number of nitrogens with zero attached hydrogens (tertiary/aromatic N) is 1. The fraction of sp³-hybridized carbons (Fsp3) is 0.562. The lowest BCUT2D eigenvalue weighted by molar-refractivity contribution is 0.246. The molecule has 1 aliphatic heterocycles. The second kappa shape index (κ2) is 6.10. The van der Waals surface area contributed by atoms with Gasteiger partial charge in [0.1, 0.15) is 0 Å². The van der Waals surface area contributed by atoms with Crippen LogP contribution in [0.25, 0.3) is 0 Å². The van der Waals surface area contributed by atoms with Crippen LogP contribution in [0.5, 0.6) is 0 Å². The molecule has 2 N–H and O–H groups in total. The minimum Gasteiger partial charge on any atom is -0.360 e. The van der Waals surface area contributed by atoms with Gasteiger partial charge in [-0.3, -0.25) is 0 Å². The molecule has 1 aliphatic carbocycles. The van der Waals surface area contributed by atoms with Crippen LogP contribution in [0.4, 0.5) is 0 Å². The minimum atomic E-state index is 0.517. The number of hydrogen-bond acceptors (Lipinski definition) is 2. The molecule has 1 aromatic rings. The molecule has 2 fully saturated rings. The lowest BCUT2D eigenvalue weighted by atomic mass is 10.1. The SMILES string of the molecule is CN1CCC(NC(=S)N[C@H]2C[C@@H]2c2ccccc2)CC1. The zero-order valence-electron chi connectivity index (χ0n) is 12.0. The molecule has 0 bridgehead atoms. The van der Waals surface area contributed by atoms with Crippen molar-refractivity contribution in [3.63, 3.8) is 0 Å². The van der Waals surface area contributed by atoms with Gasteiger partial charge in [0.05, 0.1) is 0 Å². The molecule has 20 heavy (non-hydrogen) atoms. The molecule has 0 radical (unpaired) electrons. The predicted molar refractivity (Wildman–Crippen MR) is 87.0 cm³/mol. The standard InChI is InChI=1S/C16H23N3S/c1-19-9-7-13(8-10-19)17-16(20)18-15-11-14(15)12-5-3-2-4-6-12/h2-6,13-15H,7-11H2,1H3,(H2,17,18,20)/t14-,15+/m1/s1. The highest BCUT2D eigenvalue weighted by molar-refractivity contribution is 7.80. The Morgan fingerprint density at radius 2 is 1.85 bits per heavy atom. The average Bonchev–Trinajstić information content (AvgIpc) is 3.21. The number of nitrogens with one attached hydrogen (secondary N) is 2. The number of thiocarbonyl (C=S) groups is 1. The lowest BCUT2D eigenvalue weighted by Crippen LogP contribution is -2.47. The fourth-order valence-electron chi connectivity index (χ4n) is 2.97. The lowest BCUT2D eigenvalue weighted by Gasteiger charge is -2.30. The third-order valence-corrected chi connectivity index (χ3v) is 4.62. The van der Waals surface area contributed by atoms with Gasteiger partial charge in [0.25, 0.3) is 0 Å². The second-order valence-corrected chi connectivity index (χ2v) is 6.46. The van der Waals surface area contributed by atoms with Crippen LogP contribution in [0.3, 0.4) is 0 Å². The molecule has 3 nitrogen and oxygen atoms in total. The molecule has 0 spiro atoms. The Hall–Kier alpha value is -1.13. The highest BCUT2D eigenvalue weighted by Gasteiger charge is 2.38. The molecule has 0 unspecified atom stereocenters. The summed E-state index contributed by atoms with van der Waals surface area (Å²) in [4.78, 5) is 2.38. The van der Waals surface area contributed by atoms with Crippen LogP contribution >= 0.6 is 12.2 Å². The molecule has 4 heteroatoms. The first-order valence-electron chi connectivity index (χ1n) is 7.53. The highest BCUT2D eigenvalue weighted by atomic mass is 32.1. The second-order valence-electron chi connectivity index (χ2n) is 6.05. The van der Waals surface area contributed by atoms with E-state index < -0.39 is 0 Å². The van der Waals surface area contributed by atoms with Gasteiger partial charge in [-0.1, -0.05) is 30.3 Å². The van der Waals surface area contributed by atoms with E-state index in [4.69, 9.17) is 12.2 Å². The van der Waals surface area contributed by atoms with E-state index in [9.17, 15) is 0 Å². The zero-order valence-corrected chi connectivity index (χ0v) is 12.8. The number of piperidine rings is 1. The Kier molecular flexibility index (Phi) is 4.22. The Balaban J connectivity index is 1.42. The van der Waals surface area contributed by atoms with Crippen LogP contribution < -0.4 is 10.6 Å². The van der Waals surface area contributed by atoms with E-state index in [1.54, 1.807) is 0 Å². The van der Waals surface area contributed by atoms with Crippen LogP contribution in [0.2, 0.25) is 0 Å². The first kappa shape index (κ1) is 13.8. The van der Waals surface area contributed by atoms with Gasteiger partial charge in [0.2, 0.25) is 0 Å². The van der Waals surface area contributed by atoms with Crippen molar-refractivity contribution in [2.24, 2.45) is 0 Å². The number of likely N-dealkylation sites (tertiary alicyclic amines) is 1. The van der Waals surface area contributed by atoms with Crippen molar-refractivity contribution in [1.29, 1.82) is 0 Å². The molecule has 1 heterocycles. The first-order chi connectivity index (χ1) is 9.72. The molecule has 1 saturated heterocycles. The minimum absolute atomic E-state index is 0.517. The van der Waals surface area contributed by atoms with Gasteiger partial charge in [-0.15, -0.1) is 0 Å². The van der Waals surface area contributed by atoms with Crippen LogP contribution in [-0.4, -0.2) is 42.2 Å². The van der Waals surface area contributed by atoms with Gasteiger partial charge in [0.15, 0.2) is 5.11 Å². The van der Waals surface area contributed by atoms with Crippen molar-refractivity contribution in [1.82, 2.24) is 15.5 Å². The van der Waals surface area contributed by atoms with Crippen molar-refractivity contribution in [2.75, 3.05) is 20.1 Å². The molecule has 108 valence electrons. The van der Waals surface area contributed by atoms with Crippen LogP contribution in [0, 0.1) is 0 Å². The molecule has 3 rings (SSSR count). The molecule has 0 aromatic heterocycles. The van der Waals surface area contributed by atoms with Crippen LogP contribution in [-0.2, 0) is 0 Å². The normalized spacial score (nSPS) is 27.1. The maximum absolute atomic E-state index is 5.45. The van der Waals surface area contributed by atoms with Crippen molar-refractivity contribution in [3.8, 4) is 0 Å². The molecular formula is C16H23N3S. The van der Waals surface area contributed by atoms with E-state index >= 15 is 0 Å². The van der Waals surface area contributed by atoms with E-state index in [0.717, 1.165) is 18.2 Å². The highest BCUT2D eigenvalue weighted by Crippen LogP contribution is 2.40. The molecule has 0 amide bonds. The van der Waals surface area contributed by atoms with E-state index in [2.05, 4.69) is 52.9 Å². The maximum Gasteiger partial charge on any atom is 0.166 e. The molecule has 2 aliphatic rings. The molecule has 1 saturated carbocycles. The monoisotopic (exact) mass is 289 g/mol. The third-order valence-electron chi connectivity index (χ3n) is 4.39. The van der Waals surface area contributed by atoms with Gasteiger partial charge in [0, 0.05) is 18.0 Å². The summed E-state index contributed by atoms with van der Waals surface area (Å²) in [6, 6.07) is 11.8. The van der Waals surface area contributed by atoms with Gasteiger partial charge < -0.3 is 15.5 Å². The molecule has 1 aromatic carbocycles. The smallest absolute Gasteiger partial charge is 0.166 e. The Labute approximate surface area is 126 Å². The van der Waals surface area contributed by atoms with Crippen molar-refractivity contribution >= 4 is 17.3 Å². The Morgan fingerprint density at radius 3 is 2.55 bits per heavy atom. The third kappa shape index (κ3) is 3.49. The summed E-state index contributed by atoms with van der Waals surface area (Å²) in [6.45, 7) is 2.33. The van der Waals surface area contributed by atoms with Gasteiger partial charge in [-0.25, -0.2) is 0 Å².